The maximum atomic E-state index is 10.7. The molecule has 0 aromatic heterocycles. The zero-order valence-electron chi connectivity index (χ0n) is 9.26. The molecule has 0 spiro atoms. The summed E-state index contributed by atoms with van der Waals surface area (Å²) in [5.41, 5.74) is 11.1. The smallest absolute Gasteiger partial charge is 0.335 e. The van der Waals surface area contributed by atoms with Crippen LogP contribution in [0.15, 0.2) is 23.2 Å². The molecule has 0 amide bonds. The molecule has 1 rings (SSSR count). The summed E-state index contributed by atoms with van der Waals surface area (Å²) in [5.74, 6) is -0.913. The lowest BCUT2D eigenvalue weighted by atomic mass is 10.1. The van der Waals surface area contributed by atoms with Crippen LogP contribution in [0.4, 0.5) is 0 Å². The number of aromatic hydroxyl groups is 1. The molecule has 0 radical (unpaired) electrons. The number of aromatic carboxylic acids is 1. The molecule has 92 valence electrons. The Morgan fingerprint density at radius 2 is 2.06 bits per heavy atom. The fourth-order valence-electron chi connectivity index (χ4n) is 1.40. The van der Waals surface area contributed by atoms with Crippen LogP contribution in [0.3, 0.4) is 0 Å². The van der Waals surface area contributed by atoms with Crippen molar-refractivity contribution in [1.29, 1.82) is 0 Å². The normalized spacial score (nSPS) is 9.88. The quantitative estimate of drug-likeness (QED) is 0.333. The predicted molar refractivity (Wildman–Crippen MR) is 64.1 cm³/mol. The molecule has 6 N–H and O–H groups in total. The third-order valence-corrected chi connectivity index (χ3v) is 2.23. The number of benzene rings is 1. The highest BCUT2D eigenvalue weighted by atomic mass is 16.4. The molecular weight excluding hydrogens is 222 g/mol. The third kappa shape index (κ3) is 4.02. The van der Waals surface area contributed by atoms with E-state index in [1.165, 1.54) is 18.2 Å². The van der Waals surface area contributed by atoms with Gasteiger partial charge in [-0.1, -0.05) is 0 Å². The largest absolute Gasteiger partial charge is 0.508 e. The number of aryl methyl sites for hydroxylation is 1. The minimum absolute atomic E-state index is 0.0218. The maximum Gasteiger partial charge on any atom is 0.335 e. The molecule has 0 aliphatic heterocycles. The van der Waals surface area contributed by atoms with E-state index in [0.717, 1.165) is 0 Å². The molecular formula is C11H15N3O3. The van der Waals surface area contributed by atoms with Gasteiger partial charge in [-0.05, 0) is 36.6 Å². The van der Waals surface area contributed by atoms with Gasteiger partial charge in [-0.15, -0.1) is 0 Å². The lowest BCUT2D eigenvalue weighted by Gasteiger charge is -2.04. The molecule has 0 saturated heterocycles. The van der Waals surface area contributed by atoms with Crippen LogP contribution < -0.4 is 11.5 Å². The van der Waals surface area contributed by atoms with Crippen LogP contribution in [0.2, 0.25) is 0 Å². The number of carbonyl (C=O) groups is 1. The van der Waals surface area contributed by atoms with E-state index in [1.807, 2.05) is 0 Å². The summed E-state index contributed by atoms with van der Waals surface area (Å²) >= 11 is 0. The number of hydrogen-bond donors (Lipinski definition) is 4. The molecule has 6 heteroatoms. The van der Waals surface area contributed by atoms with Gasteiger partial charge in [0, 0.05) is 6.54 Å². The number of nitrogens with two attached hydrogens (primary N) is 2. The number of phenols is 1. The van der Waals surface area contributed by atoms with Crippen molar-refractivity contribution in [2.24, 2.45) is 16.5 Å². The Labute approximate surface area is 98.6 Å². The van der Waals surface area contributed by atoms with E-state index in [-0.39, 0.29) is 17.3 Å². The van der Waals surface area contributed by atoms with E-state index in [2.05, 4.69) is 4.99 Å². The van der Waals surface area contributed by atoms with Gasteiger partial charge in [-0.25, -0.2) is 4.79 Å². The van der Waals surface area contributed by atoms with Gasteiger partial charge >= 0.3 is 5.97 Å². The first kappa shape index (κ1) is 12.8. The van der Waals surface area contributed by atoms with Crippen molar-refractivity contribution in [3.05, 3.63) is 29.3 Å². The molecule has 0 unspecified atom stereocenters. The van der Waals surface area contributed by atoms with Crippen molar-refractivity contribution in [2.45, 2.75) is 12.8 Å². The SMILES string of the molecule is NC(N)=NCCCc1cc(C(=O)O)ccc1O. The second-order valence-electron chi connectivity index (χ2n) is 3.56. The Morgan fingerprint density at radius 1 is 1.35 bits per heavy atom. The second-order valence-corrected chi connectivity index (χ2v) is 3.56. The summed E-state index contributed by atoms with van der Waals surface area (Å²) in [6.07, 6.45) is 1.15. The average molecular weight is 237 g/mol. The van der Waals surface area contributed by atoms with E-state index in [1.54, 1.807) is 0 Å². The first-order valence-electron chi connectivity index (χ1n) is 5.11. The third-order valence-electron chi connectivity index (χ3n) is 2.23. The fourth-order valence-corrected chi connectivity index (χ4v) is 1.40. The highest BCUT2D eigenvalue weighted by Gasteiger charge is 2.07. The standard InChI is InChI=1S/C11H15N3O3/c12-11(13)14-5-1-2-7-6-8(10(16)17)3-4-9(7)15/h3-4,6,15H,1-2,5H2,(H,16,17)(H4,12,13,14). The number of rotatable bonds is 5. The number of carboxylic acids is 1. The van der Waals surface area contributed by atoms with E-state index in [9.17, 15) is 9.90 Å². The van der Waals surface area contributed by atoms with Crippen LogP contribution in [0.25, 0.3) is 0 Å². The van der Waals surface area contributed by atoms with Gasteiger partial charge in [0.25, 0.3) is 0 Å². The summed E-state index contributed by atoms with van der Waals surface area (Å²) in [7, 11) is 0. The molecule has 17 heavy (non-hydrogen) atoms. The Bertz CT molecular complexity index is 440. The number of nitrogens with zero attached hydrogens (tertiary/aromatic N) is 1. The fraction of sp³-hybridized carbons (Fsp3) is 0.273. The van der Waals surface area contributed by atoms with Crippen LogP contribution in [-0.2, 0) is 6.42 Å². The highest BCUT2D eigenvalue weighted by molar-refractivity contribution is 5.88. The van der Waals surface area contributed by atoms with Gasteiger partial charge in [0.1, 0.15) is 5.75 Å². The zero-order valence-corrected chi connectivity index (χ0v) is 9.26. The van der Waals surface area contributed by atoms with E-state index in [4.69, 9.17) is 16.6 Å². The van der Waals surface area contributed by atoms with Crippen LogP contribution in [0.5, 0.6) is 5.75 Å². The van der Waals surface area contributed by atoms with Crippen molar-refractivity contribution in [2.75, 3.05) is 6.54 Å². The Morgan fingerprint density at radius 3 is 2.65 bits per heavy atom. The van der Waals surface area contributed by atoms with Crippen molar-refractivity contribution < 1.29 is 15.0 Å². The summed E-state index contributed by atoms with van der Waals surface area (Å²) in [6, 6.07) is 4.18. The second kappa shape index (κ2) is 5.74. The maximum absolute atomic E-state index is 10.7. The molecule has 0 aliphatic rings. The molecule has 6 nitrogen and oxygen atoms in total. The monoisotopic (exact) mass is 237 g/mol. The van der Waals surface area contributed by atoms with Gasteiger partial charge in [0.15, 0.2) is 5.96 Å². The molecule has 0 atom stereocenters. The van der Waals surface area contributed by atoms with E-state index >= 15 is 0 Å². The lowest BCUT2D eigenvalue weighted by molar-refractivity contribution is 0.0696. The van der Waals surface area contributed by atoms with E-state index < -0.39 is 5.97 Å². The Balaban J connectivity index is 2.66. The van der Waals surface area contributed by atoms with Gasteiger partial charge in [0.05, 0.1) is 5.56 Å². The highest BCUT2D eigenvalue weighted by Crippen LogP contribution is 2.20. The van der Waals surface area contributed by atoms with Crippen LogP contribution in [0.1, 0.15) is 22.3 Å². The first-order valence-corrected chi connectivity index (χ1v) is 5.11. The summed E-state index contributed by atoms with van der Waals surface area (Å²) < 4.78 is 0. The molecule has 0 bridgehead atoms. The molecule has 0 aliphatic carbocycles. The summed E-state index contributed by atoms with van der Waals surface area (Å²) in [5, 5.41) is 18.4. The molecule has 1 aromatic carbocycles. The average Bonchev–Trinajstić information content (AvgIpc) is 2.25. The lowest BCUT2D eigenvalue weighted by Crippen LogP contribution is -2.23. The van der Waals surface area contributed by atoms with E-state index in [0.29, 0.717) is 24.9 Å². The molecule has 1 aromatic rings. The summed E-state index contributed by atoms with van der Waals surface area (Å²) in [6.45, 7) is 0.444. The topological polar surface area (TPSA) is 122 Å². The van der Waals surface area contributed by atoms with Crippen molar-refractivity contribution in [1.82, 2.24) is 0 Å². The first-order chi connectivity index (χ1) is 8.00. The zero-order chi connectivity index (χ0) is 12.8. The number of guanidine groups is 1. The van der Waals surface area contributed by atoms with Gasteiger partial charge in [-0.3, -0.25) is 4.99 Å². The van der Waals surface area contributed by atoms with Crippen molar-refractivity contribution >= 4 is 11.9 Å². The number of carboxylic acid groups (broad SMARTS) is 1. The van der Waals surface area contributed by atoms with Crippen molar-refractivity contribution in [3.63, 3.8) is 0 Å². The van der Waals surface area contributed by atoms with Gasteiger partial charge < -0.3 is 21.7 Å². The Kier molecular flexibility index (Phi) is 4.33. The number of aliphatic imine (C=N–C) groups is 1. The van der Waals surface area contributed by atoms with Crippen LogP contribution >= 0.6 is 0 Å². The van der Waals surface area contributed by atoms with Crippen molar-refractivity contribution in [3.8, 4) is 5.75 Å². The van der Waals surface area contributed by atoms with Gasteiger partial charge in [0.2, 0.25) is 0 Å². The number of hydrogen-bond acceptors (Lipinski definition) is 3. The molecule has 0 heterocycles. The number of phenolic OH excluding ortho intramolecular Hbond substituents is 1. The Hall–Kier alpha value is -2.24. The summed E-state index contributed by atoms with van der Waals surface area (Å²) in [4.78, 5) is 14.5. The molecule has 0 saturated carbocycles. The predicted octanol–water partition coefficient (Wildman–Crippen LogP) is 0.296. The van der Waals surface area contributed by atoms with Crippen LogP contribution in [0, 0.1) is 0 Å². The minimum atomic E-state index is -1.02. The minimum Gasteiger partial charge on any atom is -0.508 e. The van der Waals surface area contributed by atoms with Crippen LogP contribution in [-0.4, -0.2) is 28.7 Å². The molecule has 0 fully saturated rings. The van der Waals surface area contributed by atoms with Gasteiger partial charge in [-0.2, -0.15) is 0 Å².